The van der Waals surface area contributed by atoms with E-state index in [2.05, 4.69) is 20.6 Å². The highest BCUT2D eigenvalue weighted by Crippen LogP contribution is 2.36. The van der Waals surface area contributed by atoms with E-state index in [1.54, 1.807) is 34.6 Å². The summed E-state index contributed by atoms with van der Waals surface area (Å²) in [5.74, 6) is -0.278. The van der Waals surface area contributed by atoms with Crippen molar-refractivity contribution in [2.24, 2.45) is 0 Å². The zero-order valence-corrected chi connectivity index (χ0v) is 20.6. The highest BCUT2D eigenvalue weighted by atomic mass is 32.1. The summed E-state index contributed by atoms with van der Waals surface area (Å²) in [6.45, 7) is 8.97. The molecule has 0 radical (unpaired) electrons. The topological polar surface area (TPSA) is 112 Å². The molecule has 0 aliphatic rings. The number of esters is 1. The van der Waals surface area contributed by atoms with Crippen molar-refractivity contribution < 1.29 is 28.2 Å². The van der Waals surface area contributed by atoms with Gasteiger partial charge in [0.1, 0.15) is 45.1 Å². The van der Waals surface area contributed by atoms with Gasteiger partial charge in [0.25, 0.3) is 0 Å². The van der Waals surface area contributed by atoms with Gasteiger partial charge in [-0.05, 0) is 52.3 Å². The second-order valence-corrected chi connectivity index (χ2v) is 9.53. The third-order valence-corrected chi connectivity index (χ3v) is 5.74. The van der Waals surface area contributed by atoms with Crippen LogP contribution >= 0.6 is 11.3 Å². The quantitative estimate of drug-likeness (QED) is 0.447. The highest BCUT2D eigenvalue weighted by Gasteiger charge is 2.21. The van der Waals surface area contributed by atoms with Crippen molar-refractivity contribution in [2.45, 2.75) is 46.3 Å². The van der Waals surface area contributed by atoms with Gasteiger partial charge in [-0.1, -0.05) is 0 Å². The first-order valence-corrected chi connectivity index (χ1v) is 11.3. The monoisotopic (exact) mass is 490 g/mol. The molecule has 1 atom stereocenters. The van der Waals surface area contributed by atoms with E-state index in [0.29, 0.717) is 32.2 Å². The molecule has 1 amide bonds. The SMILES string of the molecule is COC(=O)c1sc2ncnc(Nc3ccc(F)cc3OC(C)CNC(=O)OC(C)(C)C)c2c1C. The third-order valence-electron chi connectivity index (χ3n) is 4.56. The van der Waals surface area contributed by atoms with Crippen molar-refractivity contribution in [2.75, 3.05) is 19.0 Å². The van der Waals surface area contributed by atoms with E-state index in [4.69, 9.17) is 14.2 Å². The molecule has 1 unspecified atom stereocenters. The Morgan fingerprint density at radius 2 is 1.97 bits per heavy atom. The number of alkyl carbamates (subject to hydrolysis) is 1. The predicted octanol–water partition coefficient (Wildman–Crippen LogP) is 4.96. The van der Waals surface area contributed by atoms with Gasteiger partial charge in [-0.25, -0.2) is 23.9 Å². The van der Waals surface area contributed by atoms with Crippen LogP contribution in [0.25, 0.3) is 10.2 Å². The zero-order chi connectivity index (χ0) is 25.0. The molecule has 2 heterocycles. The number of rotatable bonds is 7. The van der Waals surface area contributed by atoms with Crippen molar-refractivity contribution in [3.05, 3.63) is 40.8 Å². The van der Waals surface area contributed by atoms with Crippen LogP contribution in [-0.2, 0) is 9.47 Å². The van der Waals surface area contributed by atoms with Gasteiger partial charge < -0.3 is 24.8 Å². The Balaban J connectivity index is 1.82. The molecule has 11 heteroatoms. The van der Waals surface area contributed by atoms with Gasteiger partial charge >= 0.3 is 12.1 Å². The number of thiophene rings is 1. The summed E-state index contributed by atoms with van der Waals surface area (Å²) in [7, 11) is 1.32. The molecular weight excluding hydrogens is 463 g/mol. The van der Waals surface area contributed by atoms with Crippen LogP contribution in [0.1, 0.15) is 42.9 Å². The third kappa shape index (κ3) is 6.10. The van der Waals surface area contributed by atoms with Crippen molar-refractivity contribution in [1.82, 2.24) is 15.3 Å². The van der Waals surface area contributed by atoms with Crippen LogP contribution in [0.4, 0.5) is 20.7 Å². The number of aryl methyl sites for hydroxylation is 1. The summed E-state index contributed by atoms with van der Waals surface area (Å²) in [5.41, 5.74) is 0.509. The molecule has 0 spiro atoms. The fraction of sp³-hybridized carbons (Fsp3) is 0.391. The number of halogens is 1. The molecule has 2 N–H and O–H groups in total. The van der Waals surface area contributed by atoms with Crippen LogP contribution in [0.15, 0.2) is 24.5 Å². The molecule has 3 rings (SSSR count). The maximum Gasteiger partial charge on any atom is 0.407 e. The molecule has 34 heavy (non-hydrogen) atoms. The van der Waals surface area contributed by atoms with E-state index in [0.717, 1.165) is 0 Å². The number of nitrogens with one attached hydrogen (secondary N) is 2. The Hall–Kier alpha value is -3.47. The lowest BCUT2D eigenvalue weighted by Gasteiger charge is -2.22. The number of amides is 1. The lowest BCUT2D eigenvalue weighted by atomic mass is 10.2. The van der Waals surface area contributed by atoms with Gasteiger partial charge in [0.2, 0.25) is 0 Å². The van der Waals surface area contributed by atoms with Gasteiger partial charge in [-0.15, -0.1) is 11.3 Å². The lowest BCUT2D eigenvalue weighted by Crippen LogP contribution is -2.37. The number of benzene rings is 1. The molecule has 3 aromatic rings. The number of fused-ring (bicyclic) bond motifs is 1. The number of carbonyl (C=O) groups excluding carboxylic acids is 2. The Morgan fingerprint density at radius 3 is 2.65 bits per heavy atom. The minimum atomic E-state index is -0.621. The smallest absolute Gasteiger partial charge is 0.407 e. The molecule has 0 saturated carbocycles. The minimum absolute atomic E-state index is 0.148. The minimum Gasteiger partial charge on any atom is -0.487 e. The number of methoxy groups -OCH3 is 1. The lowest BCUT2D eigenvalue weighted by molar-refractivity contribution is 0.0504. The zero-order valence-electron chi connectivity index (χ0n) is 19.8. The summed E-state index contributed by atoms with van der Waals surface area (Å²) in [4.78, 5) is 33.6. The number of nitrogens with zero attached hydrogens (tertiary/aromatic N) is 2. The predicted molar refractivity (Wildman–Crippen MR) is 128 cm³/mol. The number of anilines is 2. The van der Waals surface area contributed by atoms with E-state index in [-0.39, 0.29) is 12.3 Å². The Bertz CT molecular complexity index is 1210. The van der Waals surface area contributed by atoms with Gasteiger partial charge in [0, 0.05) is 6.07 Å². The van der Waals surface area contributed by atoms with Crippen molar-refractivity contribution in [3.8, 4) is 5.75 Å². The summed E-state index contributed by atoms with van der Waals surface area (Å²) in [6.07, 6.45) is 0.311. The van der Waals surface area contributed by atoms with Crippen LogP contribution < -0.4 is 15.4 Å². The summed E-state index contributed by atoms with van der Waals surface area (Å²) in [5, 5.41) is 6.44. The first-order chi connectivity index (χ1) is 16.0. The fourth-order valence-electron chi connectivity index (χ4n) is 3.08. The molecule has 182 valence electrons. The normalized spacial score (nSPS) is 12.2. The van der Waals surface area contributed by atoms with E-state index < -0.39 is 29.6 Å². The van der Waals surface area contributed by atoms with E-state index in [1.807, 2.05) is 0 Å². The Kier molecular flexibility index (Phi) is 7.55. The van der Waals surface area contributed by atoms with Crippen LogP contribution in [0.3, 0.4) is 0 Å². The van der Waals surface area contributed by atoms with E-state index >= 15 is 0 Å². The number of hydrogen-bond donors (Lipinski definition) is 2. The second kappa shape index (κ2) is 10.2. The molecule has 0 fully saturated rings. The van der Waals surface area contributed by atoms with Gasteiger partial charge in [-0.2, -0.15) is 0 Å². The maximum absolute atomic E-state index is 14.0. The molecule has 1 aromatic carbocycles. The van der Waals surface area contributed by atoms with Crippen molar-refractivity contribution in [3.63, 3.8) is 0 Å². The second-order valence-electron chi connectivity index (χ2n) is 8.53. The number of carbonyl (C=O) groups is 2. The average molecular weight is 491 g/mol. The first-order valence-electron chi connectivity index (χ1n) is 10.5. The van der Waals surface area contributed by atoms with E-state index in [1.165, 1.54) is 43.0 Å². The molecular formula is C23H27FN4O5S. The highest BCUT2D eigenvalue weighted by molar-refractivity contribution is 7.20. The van der Waals surface area contributed by atoms with Crippen molar-refractivity contribution >= 4 is 45.1 Å². The fourth-order valence-corrected chi connectivity index (χ4v) is 4.14. The van der Waals surface area contributed by atoms with Gasteiger partial charge in [0.05, 0.1) is 24.7 Å². The molecule has 0 aliphatic heterocycles. The first kappa shape index (κ1) is 25.2. The van der Waals surface area contributed by atoms with Crippen LogP contribution in [0.5, 0.6) is 5.75 Å². The summed E-state index contributed by atoms with van der Waals surface area (Å²) >= 11 is 1.20. The van der Waals surface area contributed by atoms with Gasteiger partial charge in [-0.3, -0.25) is 0 Å². The summed E-state index contributed by atoms with van der Waals surface area (Å²) in [6, 6.07) is 4.05. The molecule has 2 aromatic heterocycles. The number of ether oxygens (including phenoxy) is 3. The Labute approximate surface area is 200 Å². The number of aromatic nitrogens is 2. The molecule has 9 nitrogen and oxygen atoms in total. The average Bonchev–Trinajstić information content (AvgIpc) is 3.10. The van der Waals surface area contributed by atoms with Crippen LogP contribution in [0.2, 0.25) is 0 Å². The largest absolute Gasteiger partial charge is 0.487 e. The van der Waals surface area contributed by atoms with Crippen LogP contribution in [-0.4, -0.2) is 47.4 Å². The van der Waals surface area contributed by atoms with E-state index in [9.17, 15) is 14.0 Å². The van der Waals surface area contributed by atoms with Crippen molar-refractivity contribution in [1.29, 1.82) is 0 Å². The van der Waals surface area contributed by atoms with Gasteiger partial charge in [0.15, 0.2) is 0 Å². The maximum atomic E-state index is 14.0. The molecule has 0 saturated heterocycles. The number of hydrogen-bond acceptors (Lipinski definition) is 9. The summed E-state index contributed by atoms with van der Waals surface area (Å²) < 4.78 is 30.0. The van der Waals surface area contributed by atoms with Crippen LogP contribution in [0, 0.1) is 12.7 Å². The molecule has 0 bridgehead atoms. The Morgan fingerprint density at radius 1 is 1.24 bits per heavy atom. The molecule has 0 aliphatic carbocycles. The standard InChI is InChI=1S/C23H27FN4O5S/c1-12(10-25-22(30)33-23(3,4)5)32-16-9-14(24)7-8-15(16)28-19-17-13(2)18(21(29)31-6)34-20(17)27-11-26-19/h7-9,11-12H,10H2,1-6H3,(H,25,30)(H,26,27,28).